The number of nitro benzene ring substituents is 1. The highest BCUT2D eigenvalue weighted by Crippen LogP contribution is 2.35. The number of fused-ring (bicyclic) bond motifs is 1. The van der Waals surface area contributed by atoms with E-state index in [2.05, 4.69) is 40.9 Å². The minimum atomic E-state index is -0.537. The number of carbonyl (C=O) groups is 1. The van der Waals surface area contributed by atoms with Gasteiger partial charge in [0, 0.05) is 25.7 Å². The number of aryl methyl sites for hydroxylation is 1. The maximum absolute atomic E-state index is 11.6. The second-order valence-corrected chi connectivity index (χ2v) is 7.45. The van der Waals surface area contributed by atoms with Gasteiger partial charge in [0.1, 0.15) is 6.61 Å². The molecule has 0 bridgehead atoms. The van der Waals surface area contributed by atoms with E-state index in [1.165, 1.54) is 13.1 Å². The monoisotopic (exact) mass is 442 g/mol. The van der Waals surface area contributed by atoms with Crippen molar-refractivity contribution in [3.8, 4) is 0 Å². The van der Waals surface area contributed by atoms with Gasteiger partial charge in [-0.15, -0.1) is 0 Å². The maximum atomic E-state index is 11.6. The van der Waals surface area contributed by atoms with E-state index >= 15 is 0 Å². The van der Waals surface area contributed by atoms with Crippen molar-refractivity contribution in [1.82, 2.24) is 19.8 Å². The predicted molar refractivity (Wildman–Crippen MR) is 122 cm³/mol. The molecule has 0 saturated heterocycles. The first-order valence-corrected chi connectivity index (χ1v) is 10.8. The molecular weight excluding hydrogens is 412 g/mol. The lowest BCUT2D eigenvalue weighted by molar-refractivity contribution is -0.384. The average Bonchev–Trinajstić information content (AvgIpc) is 3.17. The zero-order valence-electron chi connectivity index (χ0n) is 18.9. The molecule has 0 aliphatic carbocycles. The van der Waals surface area contributed by atoms with Crippen molar-refractivity contribution < 1.29 is 14.5 Å². The molecule has 2 aromatic rings. The molecule has 3 rings (SSSR count). The fourth-order valence-electron chi connectivity index (χ4n) is 3.83. The number of nitrogens with zero attached hydrogens (tertiary/aromatic N) is 4. The van der Waals surface area contributed by atoms with Gasteiger partial charge in [-0.3, -0.25) is 15.0 Å². The number of carbonyl (C=O) groups excluding carboxylic acids is 1. The van der Waals surface area contributed by atoms with Crippen LogP contribution in [0.15, 0.2) is 36.0 Å². The van der Waals surface area contributed by atoms with Crippen LogP contribution in [0.25, 0.3) is 0 Å². The molecule has 1 aromatic carbocycles. The van der Waals surface area contributed by atoms with Gasteiger partial charge in [-0.1, -0.05) is 32.9 Å². The van der Waals surface area contributed by atoms with E-state index in [1.807, 2.05) is 12.1 Å². The molecule has 0 fully saturated rings. The summed E-state index contributed by atoms with van der Waals surface area (Å²) in [7, 11) is 1.50. The lowest BCUT2D eigenvalue weighted by Gasteiger charge is -2.29. The van der Waals surface area contributed by atoms with Gasteiger partial charge < -0.3 is 19.9 Å². The number of hydrogen-bond donors (Lipinski definition) is 2. The van der Waals surface area contributed by atoms with Gasteiger partial charge in [-0.05, 0) is 31.1 Å². The van der Waals surface area contributed by atoms with E-state index in [4.69, 9.17) is 9.72 Å². The van der Waals surface area contributed by atoms with Crippen molar-refractivity contribution in [3.63, 3.8) is 0 Å². The number of anilines is 1. The molecule has 0 spiro atoms. The Balaban J connectivity index is 2.10. The van der Waals surface area contributed by atoms with E-state index in [9.17, 15) is 14.9 Å². The largest absolute Gasteiger partial charge is 0.443 e. The van der Waals surface area contributed by atoms with Crippen molar-refractivity contribution in [2.24, 2.45) is 0 Å². The van der Waals surface area contributed by atoms with Gasteiger partial charge in [-0.2, -0.15) is 0 Å². The first-order chi connectivity index (χ1) is 15.4. The number of ether oxygens (including phenoxy) is 1. The zero-order chi connectivity index (χ0) is 23.3. The van der Waals surface area contributed by atoms with Gasteiger partial charge >= 0.3 is 6.09 Å². The Bertz CT molecular complexity index is 1010. The van der Waals surface area contributed by atoms with Gasteiger partial charge in [0.15, 0.2) is 0 Å². The summed E-state index contributed by atoms with van der Waals surface area (Å²) in [6, 6.07) is 6.29. The normalized spacial score (nSPS) is 15.0. The first-order valence-electron chi connectivity index (χ1n) is 10.8. The molecule has 1 atom stereocenters. The Kier molecular flexibility index (Phi) is 7.47. The Morgan fingerprint density at radius 3 is 2.72 bits per heavy atom. The smallest absolute Gasteiger partial charge is 0.407 e. The molecule has 1 aliphatic rings. The fourth-order valence-corrected chi connectivity index (χ4v) is 3.83. The van der Waals surface area contributed by atoms with Crippen LogP contribution in [0.4, 0.5) is 16.4 Å². The molecule has 1 unspecified atom stereocenters. The molecule has 10 nitrogen and oxygen atoms in total. The number of non-ortho nitro benzene ring substituents is 1. The maximum Gasteiger partial charge on any atom is 0.407 e. The number of aromatic nitrogens is 2. The summed E-state index contributed by atoms with van der Waals surface area (Å²) in [5.74, 6) is 0.638. The van der Waals surface area contributed by atoms with Crippen LogP contribution < -0.4 is 10.6 Å². The van der Waals surface area contributed by atoms with E-state index in [-0.39, 0.29) is 18.3 Å². The number of imidazole rings is 1. The molecular formula is C22H30N6O4. The Morgan fingerprint density at radius 1 is 1.34 bits per heavy atom. The highest BCUT2D eigenvalue weighted by molar-refractivity contribution is 5.67. The number of hydrogen-bond acceptors (Lipinski definition) is 7. The van der Waals surface area contributed by atoms with Crippen LogP contribution in [0.5, 0.6) is 0 Å². The SMILES string of the molecule is CCc1nc2n(c1CN(CC)CC)C(c1cccc([N+](=O)[O-])c1)C=C(COC(=O)NC)N2. The number of nitro groups is 1. The zero-order valence-corrected chi connectivity index (χ0v) is 18.9. The summed E-state index contributed by atoms with van der Waals surface area (Å²) in [5, 5.41) is 17.1. The van der Waals surface area contributed by atoms with Crippen molar-refractivity contribution in [3.05, 3.63) is 63.1 Å². The van der Waals surface area contributed by atoms with Crippen LogP contribution in [0.3, 0.4) is 0 Å². The van der Waals surface area contributed by atoms with Gasteiger partial charge in [-0.25, -0.2) is 9.78 Å². The number of benzene rings is 1. The lowest BCUT2D eigenvalue weighted by Crippen LogP contribution is -2.29. The van der Waals surface area contributed by atoms with Crippen molar-refractivity contribution in [1.29, 1.82) is 0 Å². The summed E-state index contributed by atoms with van der Waals surface area (Å²) >= 11 is 0. The first kappa shape index (κ1) is 23.3. The fraction of sp³-hybridized carbons (Fsp3) is 0.455. The van der Waals surface area contributed by atoms with E-state index in [0.29, 0.717) is 18.2 Å². The molecule has 10 heteroatoms. The Morgan fingerprint density at radius 2 is 2.09 bits per heavy atom. The van der Waals surface area contributed by atoms with Crippen molar-refractivity contribution >= 4 is 17.7 Å². The van der Waals surface area contributed by atoms with Crippen LogP contribution in [-0.2, 0) is 17.7 Å². The number of allylic oxidation sites excluding steroid dienone is 1. The number of amides is 1. The molecule has 1 aliphatic heterocycles. The van der Waals surface area contributed by atoms with Gasteiger partial charge in [0.2, 0.25) is 5.95 Å². The quantitative estimate of drug-likeness (QED) is 0.451. The molecule has 2 heterocycles. The molecule has 2 N–H and O–H groups in total. The number of alkyl carbamates (subject to hydrolysis) is 1. The van der Waals surface area contributed by atoms with Crippen LogP contribution in [0, 0.1) is 10.1 Å². The summed E-state index contributed by atoms with van der Waals surface area (Å²) in [6.45, 7) is 8.84. The highest BCUT2D eigenvalue weighted by atomic mass is 16.6. The number of rotatable bonds is 9. The van der Waals surface area contributed by atoms with Gasteiger partial charge in [0.05, 0.1) is 28.1 Å². The van der Waals surface area contributed by atoms with Gasteiger partial charge in [0.25, 0.3) is 5.69 Å². The molecule has 1 amide bonds. The summed E-state index contributed by atoms with van der Waals surface area (Å²) < 4.78 is 7.32. The summed E-state index contributed by atoms with van der Waals surface area (Å²) in [4.78, 5) is 29.7. The Hall–Kier alpha value is -3.40. The lowest BCUT2D eigenvalue weighted by atomic mass is 10.0. The van der Waals surface area contributed by atoms with Crippen LogP contribution in [0.2, 0.25) is 0 Å². The van der Waals surface area contributed by atoms with Crippen LogP contribution in [-0.4, -0.2) is 52.2 Å². The highest BCUT2D eigenvalue weighted by Gasteiger charge is 2.29. The second-order valence-electron chi connectivity index (χ2n) is 7.45. The third-order valence-corrected chi connectivity index (χ3v) is 5.59. The van der Waals surface area contributed by atoms with Crippen LogP contribution >= 0.6 is 0 Å². The third kappa shape index (κ3) is 4.91. The van der Waals surface area contributed by atoms with Crippen molar-refractivity contribution in [2.75, 3.05) is 32.1 Å². The Labute approximate surface area is 187 Å². The summed E-state index contributed by atoms with van der Waals surface area (Å²) in [5.41, 5.74) is 3.49. The second kappa shape index (κ2) is 10.3. The predicted octanol–water partition coefficient (Wildman–Crippen LogP) is 3.45. The standard InChI is InChI=1S/C22H30N6O4/c1-5-18-20(13-26(6-2)7-3)27-19(15-9-8-10-17(11-15)28(30)31)12-16(24-21(27)25-18)14-32-22(29)23-4/h8-12,19H,5-7,13-14H2,1-4H3,(H,23,29)(H,24,25). The summed E-state index contributed by atoms with van der Waals surface area (Å²) in [6.07, 6.45) is 2.15. The van der Waals surface area contributed by atoms with E-state index in [1.54, 1.807) is 12.1 Å². The molecule has 32 heavy (non-hydrogen) atoms. The minimum Gasteiger partial charge on any atom is -0.443 e. The van der Waals surface area contributed by atoms with Crippen molar-refractivity contribution in [2.45, 2.75) is 39.8 Å². The van der Waals surface area contributed by atoms with Crippen LogP contribution in [0.1, 0.15) is 43.8 Å². The average molecular weight is 443 g/mol. The molecule has 1 aromatic heterocycles. The van der Waals surface area contributed by atoms with E-state index < -0.39 is 11.0 Å². The third-order valence-electron chi connectivity index (χ3n) is 5.59. The molecule has 0 saturated carbocycles. The molecule has 172 valence electrons. The minimum absolute atomic E-state index is 0.0280. The number of nitrogens with one attached hydrogen (secondary N) is 2. The van der Waals surface area contributed by atoms with E-state index in [0.717, 1.165) is 36.5 Å². The topological polar surface area (TPSA) is 115 Å². The molecule has 0 radical (unpaired) electrons.